The molecule has 5 nitrogen and oxygen atoms in total. The Hall–Kier alpha value is -1.98. The Bertz CT molecular complexity index is 606. The van der Waals surface area contributed by atoms with Gasteiger partial charge in [0.25, 0.3) is 0 Å². The van der Waals surface area contributed by atoms with Crippen LogP contribution in [0.5, 0.6) is 5.88 Å². The van der Waals surface area contributed by atoms with E-state index >= 15 is 0 Å². The molecule has 0 unspecified atom stereocenters. The zero-order valence-electron chi connectivity index (χ0n) is 12.7. The molecular weight excluding hydrogens is 278 g/mol. The number of aliphatic hydroxyl groups excluding tert-OH is 1. The molecule has 116 valence electrons. The van der Waals surface area contributed by atoms with Crippen LogP contribution in [0.1, 0.15) is 17.5 Å². The average Bonchev–Trinajstić information content (AvgIpc) is 2.89. The second kappa shape index (κ2) is 6.85. The van der Waals surface area contributed by atoms with E-state index in [9.17, 15) is 5.11 Å². The van der Waals surface area contributed by atoms with Gasteiger partial charge in [-0.3, -0.25) is 9.88 Å². The van der Waals surface area contributed by atoms with Gasteiger partial charge < -0.3 is 9.84 Å². The van der Waals surface area contributed by atoms with Crippen LogP contribution in [0.3, 0.4) is 0 Å². The van der Waals surface area contributed by atoms with Gasteiger partial charge in [0, 0.05) is 43.3 Å². The van der Waals surface area contributed by atoms with E-state index in [1.807, 2.05) is 24.4 Å². The molecule has 0 aliphatic carbocycles. The fraction of sp³-hybridized carbons (Fsp3) is 0.412. The van der Waals surface area contributed by atoms with Crippen molar-refractivity contribution < 1.29 is 9.84 Å². The lowest BCUT2D eigenvalue weighted by atomic mass is 10.0. The number of ether oxygens (including phenoxy) is 1. The molecule has 0 bridgehead atoms. The summed E-state index contributed by atoms with van der Waals surface area (Å²) in [7, 11) is 1.64. The number of methoxy groups -OCH3 is 1. The Morgan fingerprint density at radius 1 is 1.32 bits per heavy atom. The highest BCUT2D eigenvalue weighted by Crippen LogP contribution is 2.26. The van der Waals surface area contributed by atoms with Gasteiger partial charge in [-0.05, 0) is 30.5 Å². The number of likely N-dealkylation sites (tertiary alicyclic amines) is 1. The highest BCUT2D eigenvalue weighted by atomic mass is 16.5. The molecule has 0 spiro atoms. The Kier molecular flexibility index (Phi) is 4.65. The Morgan fingerprint density at radius 2 is 2.18 bits per heavy atom. The van der Waals surface area contributed by atoms with Crippen LogP contribution in [-0.2, 0) is 13.0 Å². The maximum atomic E-state index is 10.3. The molecule has 3 heterocycles. The van der Waals surface area contributed by atoms with Crippen molar-refractivity contribution in [1.82, 2.24) is 14.9 Å². The molecule has 0 amide bonds. The van der Waals surface area contributed by atoms with Crippen LogP contribution >= 0.6 is 0 Å². The Labute approximate surface area is 130 Å². The first kappa shape index (κ1) is 14.9. The molecule has 5 heteroatoms. The highest BCUT2D eigenvalue weighted by molar-refractivity contribution is 5.25. The van der Waals surface area contributed by atoms with Crippen LogP contribution in [-0.4, -0.2) is 45.8 Å². The van der Waals surface area contributed by atoms with Gasteiger partial charge in [-0.25, -0.2) is 4.98 Å². The summed E-state index contributed by atoms with van der Waals surface area (Å²) in [5, 5.41) is 10.3. The summed E-state index contributed by atoms with van der Waals surface area (Å²) in [4.78, 5) is 10.7. The Morgan fingerprint density at radius 3 is 2.95 bits per heavy atom. The smallest absolute Gasteiger partial charge is 0.217 e. The number of rotatable bonds is 5. The zero-order chi connectivity index (χ0) is 15.4. The van der Waals surface area contributed by atoms with E-state index < -0.39 is 0 Å². The van der Waals surface area contributed by atoms with E-state index in [2.05, 4.69) is 20.9 Å². The van der Waals surface area contributed by atoms with Gasteiger partial charge in [-0.1, -0.05) is 12.1 Å². The van der Waals surface area contributed by atoms with Gasteiger partial charge in [-0.2, -0.15) is 0 Å². The monoisotopic (exact) mass is 299 g/mol. The molecule has 2 atom stereocenters. The summed E-state index contributed by atoms with van der Waals surface area (Å²) >= 11 is 0. The third kappa shape index (κ3) is 3.26. The molecule has 1 aliphatic heterocycles. The fourth-order valence-corrected chi connectivity index (χ4v) is 3.07. The standard InChI is InChI=1S/C17H21N3O2/c1-22-17-14(5-3-8-19-17)12-20-9-6-16(21)15(20)10-13-4-2-7-18-11-13/h2-5,7-8,11,15-16,21H,6,9-10,12H2,1H3/t15-,16-/m1/s1. The lowest BCUT2D eigenvalue weighted by Crippen LogP contribution is -2.36. The molecule has 2 aromatic heterocycles. The SMILES string of the molecule is COc1ncccc1CN1CC[C@@H](O)[C@H]1Cc1cccnc1. The molecule has 0 saturated carbocycles. The molecule has 1 fully saturated rings. The zero-order valence-corrected chi connectivity index (χ0v) is 12.7. The number of aromatic nitrogens is 2. The predicted molar refractivity (Wildman–Crippen MR) is 83.6 cm³/mol. The van der Waals surface area contributed by atoms with Crippen LogP contribution < -0.4 is 4.74 Å². The number of pyridine rings is 2. The van der Waals surface area contributed by atoms with Crippen molar-refractivity contribution in [1.29, 1.82) is 0 Å². The molecule has 1 aliphatic rings. The first-order valence-corrected chi connectivity index (χ1v) is 7.57. The summed E-state index contributed by atoms with van der Waals surface area (Å²) in [5.74, 6) is 0.656. The van der Waals surface area contributed by atoms with E-state index in [-0.39, 0.29) is 12.1 Å². The van der Waals surface area contributed by atoms with Crippen molar-refractivity contribution in [3.05, 3.63) is 54.0 Å². The number of hydrogen-bond donors (Lipinski definition) is 1. The second-order valence-electron chi connectivity index (χ2n) is 5.63. The summed E-state index contributed by atoms with van der Waals surface area (Å²) < 4.78 is 5.33. The second-order valence-corrected chi connectivity index (χ2v) is 5.63. The largest absolute Gasteiger partial charge is 0.481 e. The maximum Gasteiger partial charge on any atom is 0.217 e. The minimum atomic E-state index is -0.303. The molecule has 0 radical (unpaired) electrons. The first-order valence-electron chi connectivity index (χ1n) is 7.57. The summed E-state index contributed by atoms with van der Waals surface area (Å²) in [6, 6.07) is 8.04. The van der Waals surface area contributed by atoms with Crippen molar-refractivity contribution >= 4 is 0 Å². The minimum absolute atomic E-state index is 0.106. The van der Waals surface area contributed by atoms with E-state index in [0.29, 0.717) is 5.88 Å². The van der Waals surface area contributed by atoms with Gasteiger partial charge in [-0.15, -0.1) is 0 Å². The third-order valence-corrected chi connectivity index (χ3v) is 4.21. The van der Waals surface area contributed by atoms with E-state index in [4.69, 9.17) is 4.74 Å². The normalized spacial score (nSPS) is 21.9. The van der Waals surface area contributed by atoms with Gasteiger partial charge in [0.2, 0.25) is 5.88 Å². The highest BCUT2D eigenvalue weighted by Gasteiger charge is 2.33. The van der Waals surface area contributed by atoms with Crippen molar-refractivity contribution in [2.24, 2.45) is 0 Å². The summed E-state index contributed by atoms with van der Waals surface area (Å²) in [6.07, 6.45) is 6.67. The topological polar surface area (TPSA) is 58.5 Å². The molecular formula is C17H21N3O2. The van der Waals surface area contributed by atoms with E-state index in [1.54, 1.807) is 19.5 Å². The van der Waals surface area contributed by atoms with Crippen molar-refractivity contribution in [3.8, 4) is 5.88 Å². The van der Waals surface area contributed by atoms with Crippen LogP contribution in [0.2, 0.25) is 0 Å². The van der Waals surface area contributed by atoms with Gasteiger partial charge >= 0.3 is 0 Å². The van der Waals surface area contributed by atoms with Crippen LogP contribution in [0.15, 0.2) is 42.9 Å². The number of nitrogens with zero attached hydrogens (tertiary/aromatic N) is 3. The van der Waals surface area contributed by atoms with Gasteiger partial charge in [0.05, 0.1) is 13.2 Å². The summed E-state index contributed by atoms with van der Waals surface area (Å²) in [5.41, 5.74) is 2.20. The molecule has 0 aromatic carbocycles. The lowest BCUT2D eigenvalue weighted by Gasteiger charge is -2.26. The fourth-order valence-electron chi connectivity index (χ4n) is 3.07. The van der Waals surface area contributed by atoms with Gasteiger partial charge in [0.1, 0.15) is 0 Å². The van der Waals surface area contributed by atoms with Crippen LogP contribution in [0.4, 0.5) is 0 Å². The van der Waals surface area contributed by atoms with Crippen molar-refractivity contribution in [2.45, 2.75) is 31.5 Å². The quantitative estimate of drug-likeness (QED) is 0.910. The third-order valence-electron chi connectivity index (χ3n) is 4.21. The number of hydrogen-bond acceptors (Lipinski definition) is 5. The molecule has 1 saturated heterocycles. The minimum Gasteiger partial charge on any atom is -0.481 e. The summed E-state index contributed by atoms with van der Waals surface area (Å²) in [6.45, 7) is 1.61. The van der Waals surface area contributed by atoms with Gasteiger partial charge in [0.15, 0.2) is 0 Å². The van der Waals surface area contributed by atoms with Crippen molar-refractivity contribution in [2.75, 3.05) is 13.7 Å². The van der Waals surface area contributed by atoms with Crippen LogP contribution in [0, 0.1) is 0 Å². The van der Waals surface area contributed by atoms with Crippen molar-refractivity contribution in [3.63, 3.8) is 0 Å². The molecule has 1 N–H and O–H groups in total. The molecule has 3 rings (SSSR count). The first-order chi connectivity index (χ1) is 10.8. The Balaban J connectivity index is 1.74. The molecule has 22 heavy (non-hydrogen) atoms. The maximum absolute atomic E-state index is 10.3. The van der Waals surface area contributed by atoms with E-state index in [0.717, 1.165) is 37.1 Å². The number of aliphatic hydroxyl groups is 1. The van der Waals surface area contributed by atoms with E-state index in [1.165, 1.54) is 0 Å². The lowest BCUT2D eigenvalue weighted by molar-refractivity contribution is 0.112. The van der Waals surface area contributed by atoms with Crippen LogP contribution in [0.25, 0.3) is 0 Å². The average molecular weight is 299 g/mol. The predicted octanol–water partition coefficient (Wildman–Crippen LogP) is 1.66. The molecule has 2 aromatic rings.